The van der Waals surface area contributed by atoms with Gasteiger partial charge >= 0.3 is 14.8 Å². The number of hydrogen-bond donors (Lipinski definition) is 0. The number of hydrogen-bond acceptors (Lipinski definition) is 6. The Morgan fingerprint density at radius 1 is 1.26 bits per heavy atom. The van der Waals surface area contributed by atoms with Crippen molar-refractivity contribution in [2.75, 3.05) is 13.6 Å². The smallest absolute Gasteiger partial charge is 0.481 e. The summed E-state index contributed by atoms with van der Waals surface area (Å²) in [6.45, 7) is 3.77. The highest BCUT2D eigenvalue weighted by molar-refractivity contribution is 5.73. The summed E-state index contributed by atoms with van der Waals surface area (Å²) in [4.78, 5) is 25.7. The van der Waals surface area contributed by atoms with E-state index < -0.39 is 6.10 Å². The van der Waals surface area contributed by atoms with E-state index >= 15 is 0 Å². The lowest BCUT2D eigenvalue weighted by Crippen LogP contribution is -2.65. The molecule has 0 aromatic heterocycles. The minimum absolute atomic E-state index is 0. The topological polar surface area (TPSA) is 65.1 Å². The summed E-state index contributed by atoms with van der Waals surface area (Å²) in [6.07, 6.45) is 5.31. The summed E-state index contributed by atoms with van der Waals surface area (Å²) in [6, 6.07) is 4.28. The highest BCUT2D eigenvalue weighted by Gasteiger charge is 2.65. The van der Waals surface area contributed by atoms with Gasteiger partial charge in [0.25, 0.3) is 0 Å². The second-order valence-electron chi connectivity index (χ2n) is 8.09. The van der Waals surface area contributed by atoms with Crippen molar-refractivity contribution in [3.05, 3.63) is 35.4 Å². The molecule has 0 amide bonds. The molecule has 0 N–H and O–H groups in total. The van der Waals surface area contributed by atoms with Gasteiger partial charge in [-0.15, -0.1) is 0 Å². The maximum atomic E-state index is 11.7. The van der Waals surface area contributed by atoms with E-state index in [1.54, 1.807) is 0 Å². The molecular formula is C21H25NO5+2. The zero-order valence-corrected chi connectivity index (χ0v) is 15.7. The Labute approximate surface area is 161 Å². The van der Waals surface area contributed by atoms with Crippen LogP contribution in [0.4, 0.5) is 0 Å². The lowest BCUT2D eigenvalue weighted by molar-refractivity contribution is -0.152. The molecule has 1 spiro atoms. The monoisotopic (exact) mass is 371 g/mol. The van der Waals surface area contributed by atoms with Crippen LogP contribution >= 0.6 is 0 Å². The minimum atomic E-state index is -0.439. The number of carbonyl (C=O) groups excluding carboxylic acids is 2. The first-order chi connectivity index (χ1) is 12.9. The van der Waals surface area contributed by atoms with Crippen LogP contribution in [0.1, 0.15) is 34.2 Å². The van der Waals surface area contributed by atoms with E-state index in [2.05, 4.69) is 24.1 Å². The van der Waals surface area contributed by atoms with Crippen LogP contribution in [0.25, 0.3) is 0 Å². The summed E-state index contributed by atoms with van der Waals surface area (Å²) in [5, 5.41) is 0. The molecule has 5 atom stereocenters. The molecule has 1 fully saturated rings. The fourth-order valence-electron chi connectivity index (χ4n) is 5.74. The van der Waals surface area contributed by atoms with E-state index in [1.807, 2.05) is 12.1 Å². The van der Waals surface area contributed by atoms with Crippen LogP contribution in [-0.2, 0) is 26.2 Å². The largest absolute Gasteiger partial charge is 1.00 e. The Balaban J connectivity index is 0.00000120. The highest BCUT2D eigenvalue weighted by Crippen LogP contribution is 2.62. The molecule has 1 aromatic rings. The number of piperidine rings is 1. The Bertz CT molecular complexity index is 888. The summed E-state index contributed by atoms with van der Waals surface area (Å²) >= 11 is 0. The molecule has 6 nitrogen and oxygen atoms in total. The fourth-order valence-corrected chi connectivity index (χ4v) is 5.74. The summed E-state index contributed by atoms with van der Waals surface area (Å²) in [7, 11) is 2.17. The SMILES string of the molecule is CC(=O)Oc1ccc2c3c1O[C@H]1[C@@H](OC(C)=O)C=C[C@H]4[C@@H](C2)N(C)CC[C@@]341.[H+].[H+]. The Hall–Kier alpha value is -2.34. The average molecular weight is 371 g/mol. The van der Waals surface area contributed by atoms with Gasteiger partial charge in [-0.1, -0.05) is 12.1 Å². The van der Waals surface area contributed by atoms with Crippen LogP contribution in [-0.4, -0.2) is 48.7 Å². The maximum Gasteiger partial charge on any atom is 1.00 e. The number of rotatable bonds is 2. The number of ether oxygens (including phenoxy) is 3. The first-order valence-electron chi connectivity index (χ1n) is 9.49. The third-order valence-corrected chi connectivity index (χ3v) is 6.67. The van der Waals surface area contributed by atoms with E-state index in [0.29, 0.717) is 17.5 Å². The molecule has 0 saturated carbocycles. The van der Waals surface area contributed by atoms with Crippen LogP contribution in [0, 0.1) is 5.92 Å². The standard InChI is InChI=1S/C21H23NO5/c1-11(23)25-16-6-4-13-10-15-14-5-7-17(26-12(2)24)20-21(14,8-9-22(15)3)18(13)19(16)27-20/h4-7,14-15,17,20H,8-10H2,1-3H3/p+2/t14-,15+,17-,20-,21-/m0/s1. The Kier molecular flexibility index (Phi) is 3.47. The summed E-state index contributed by atoms with van der Waals surface area (Å²) < 4.78 is 17.5. The lowest BCUT2D eigenvalue weighted by Gasteiger charge is -2.56. The molecule has 27 heavy (non-hydrogen) atoms. The van der Waals surface area contributed by atoms with Crippen LogP contribution in [0.3, 0.4) is 0 Å². The Morgan fingerprint density at radius 2 is 2.07 bits per heavy atom. The molecule has 142 valence electrons. The van der Waals surface area contributed by atoms with Crippen LogP contribution in [0.15, 0.2) is 24.3 Å². The number of carbonyl (C=O) groups is 2. The van der Waals surface area contributed by atoms with Crippen molar-refractivity contribution in [3.63, 3.8) is 0 Å². The van der Waals surface area contributed by atoms with Gasteiger partial charge in [0.05, 0.1) is 0 Å². The molecule has 2 aliphatic carbocycles. The van der Waals surface area contributed by atoms with Gasteiger partial charge in [-0.3, -0.25) is 9.59 Å². The quantitative estimate of drug-likeness (QED) is 0.451. The molecule has 0 unspecified atom stereocenters. The zero-order chi connectivity index (χ0) is 18.9. The van der Waals surface area contributed by atoms with E-state index in [1.165, 1.54) is 19.4 Å². The van der Waals surface area contributed by atoms with Crippen molar-refractivity contribution in [1.29, 1.82) is 0 Å². The molecule has 0 radical (unpaired) electrons. The minimum Gasteiger partial charge on any atom is -0.481 e. The molecule has 2 heterocycles. The predicted molar refractivity (Wildman–Crippen MR) is 99.0 cm³/mol. The van der Waals surface area contributed by atoms with Crippen LogP contribution in [0.2, 0.25) is 0 Å². The average Bonchev–Trinajstić information content (AvgIpc) is 2.95. The van der Waals surface area contributed by atoms with Gasteiger partial charge in [-0.05, 0) is 44.1 Å². The molecular weight excluding hydrogens is 346 g/mol. The number of likely N-dealkylation sites (N-methyl/N-ethyl adjacent to an activating group) is 1. The van der Waals surface area contributed by atoms with Crippen molar-refractivity contribution in [1.82, 2.24) is 4.90 Å². The number of nitrogens with zero attached hydrogens (tertiary/aromatic N) is 1. The number of benzene rings is 1. The summed E-state index contributed by atoms with van der Waals surface area (Å²) in [5.41, 5.74) is 2.15. The molecule has 5 rings (SSSR count). The highest BCUT2D eigenvalue weighted by atomic mass is 16.6. The predicted octanol–water partition coefficient (Wildman–Crippen LogP) is 2.21. The van der Waals surface area contributed by atoms with E-state index in [4.69, 9.17) is 14.2 Å². The van der Waals surface area contributed by atoms with Gasteiger partial charge in [-0.2, -0.15) is 0 Å². The molecule has 1 saturated heterocycles. The zero-order valence-electron chi connectivity index (χ0n) is 17.7. The van der Waals surface area contributed by atoms with Gasteiger partial charge < -0.3 is 19.1 Å². The normalized spacial score (nSPS) is 35.2. The first kappa shape index (κ1) is 16.8. The molecule has 4 aliphatic rings. The van der Waals surface area contributed by atoms with Gasteiger partial charge in [0.15, 0.2) is 17.6 Å². The van der Waals surface area contributed by atoms with E-state index in [9.17, 15) is 9.59 Å². The maximum absolute atomic E-state index is 11.7. The van der Waals surface area contributed by atoms with Crippen LogP contribution < -0.4 is 9.47 Å². The third kappa shape index (κ3) is 2.16. The first-order valence-corrected chi connectivity index (χ1v) is 9.49. The fraction of sp³-hybridized carbons (Fsp3) is 0.524. The van der Waals surface area contributed by atoms with Crippen molar-refractivity contribution in [2.45, 2.75) is 50.4 Å². The van der Waals surface area contributed by atoms with E-state index in [-0.39, 0.29) is 32.2 Å². The molecule has 6 heteroatoms. The summed E-state index contributed by atoms with van der Waals surface area (Å²) in [5.74, 6) is 0.712. The second-order valence-corrected chi connectivity index (χ2v) is 8.09. The van der Waals surface area contributed by atoms with Crippen molar-refractivity contribution < 1.29 is 26.7 Å². The number of likely N-dealkylation sites (tertiary alicyclic amines) is 1. The molecule has 2 aliphatic heterocycles. The Morgan fingerprint density at radius 3 is 2.81 bits per heavy atom. The van der Waals surface area contributed by atoms with Crippen molar-refractivity contribution >= 4 is 11.9 Å². The third-order valence-electron chi connectivity index (χ3n) is 6.67. The van der Waals surface area contributed by atoms with Crippen molar-refractivity contribution in [3.8, 4) is 11.5 Å². The lowest BCUT2D eigenvalue weighted by atomic mass is 9.53. The number of esters is 2. The molecule has 1 aromatic carbocycles. The van der Waals surface area contributed by atoms with Crippen LogP contribution in [0.5, 0.6) is 11.5 Å². The van der Waals surface area contributed by atoms with Gasteiger partial charge in [0, 0.05) is 36.8 Å². The van der Waals surface area contributed by atoms with Crippen molar-refractivity contribution in [2.24, 2.45) is 5.92 Å². The van der Waals surface area contributed by atoms with Gasteiger partial charge in [0.1, 0.15) is 6.10 Å². The van der Waals surface area contributed by atoms with Gasteiger partial charge in [-0.25, -0.2) is 0 Å². The van der Waals surface area contributed by atoms with E-state index in [0.717, 1.165) is 24.9 Å². The molecule has 2 bridgehead atoms. The second kappa shape index (κ2) is 5.58. The van der Waals surface area contributed by atoms with Gasteiger partial charge in [0.2, 0.25) is 0 Å².